The first-order chi connectivity index (χ1) is 37.4. The highest BCUT2D eigenvalue weighted by Crippen LogP contribution is 2.37. The molecule has 6 aromatic rings. The molecule has 1 aliphatic heterocycles. The van der Waals surface area contributed by atoms with Crippen LogP contribution in [-0.4, -0.2) is 120 Å². The lowest BCUT2D eigenvalue weighted by Gasteiger charge is -2.35. The van der Waals surface area contributed by atoms with Gasteiger partial charge < -0.3 is 41.4 Å². The highest BCUT2D eigenvalue weighted by molar-refractivity contribution is 7.14. The summed E-state index contributed by atoms with van der Waals surface area (Å²) >= 11 is 1.31. The number of benzene rings is 3. The van der Waals surface area contributed by atoms with Gasteiger partial charge in [0, 0.05) is 48.8 Å². The van der Waals surface area contributed by atoms with Crippen molar-refractivity contribution in [2.75, 3.05) is 39.1 Å². The van der Waals surface area contributed by atoms with Gasteiger partial charge in [-0.1, -0.05) is 54.8 Å². The summed E-state index contributed by atoms with van der Waals surface area (Å²) in [6, 6.07) is 22.3. The summed E-state index contributed by atoms with van der Waals surface area (Å²) in [6.45, 7) is 4.35. The number of hydrogen-bond donors (Lipinski definition) is 6. The molecule has 3 aromatic carbocycles. The molecule has 8 rings (SSSR count). The van der Waals surface area contributed by atoms with Crippen molar-refractivity contribution in [3.8, 4) is 11.5 Å². The monoisotopic (exact) mass is 1070 g/mol. The van der Waals surface area contributed by atoms with Crippen LogP contribution in [0.25, 0.3) is 0 Å². The number of aromatic nitrogens is 6. The highest BCUT2D eigenvalue weighted by atomic mass is 32.1. The van der Waals surface area contributed by atoms with E-state index in [0.717, 1.165) is 80.5 Å². The van der Waals surface area contributed by atoms with Crippen LogP contribution in [0, 0.1) is 11.3 Å². The Kier molecular flexibility index (Phi) is 19.6. The maximum absolute atomic E-state index is 14.2. The Balaban J connectivity index is 0.736. The number of aryl methyl sites for hydroxylation is 1. The van der Waals surface area contributed by atoms with Gasteiger partial charge in [0.25, 0.3) is 11.7 Å². The van der Waals surface area contributed by atoms with Gasteiger partial charge in [0.1, 0.15) is 53.4 Å². The summed E-state index contributed by atoms with van der Waals surface area (Å²) in [4.78, 5) is 69.2. The minimum absolute atomic E-state index is 0.0647. The maximum Gasteiger partial charge on any atom is 0.280 e. The second-order valence-corrected chi connectivity index (χ2v) is 20.5. The first kappa shape index (κ1) is 55.3. The number of anilines is 1. The SMILES string of the molecule is CN[C@@H](C)C(=O)N[C@H](C(=O)N1CCCC1c1ncc(C(=O)c2cccc(OCc3cn(CCCCCOc4cccc(CNC(=O)c5cccc(NCC(N)=[N+](C)C(=N)c6ccncn6)c5)c4)nn3)c2)s1)C1CCCCC1. The number of ether oxygens (including phenoxy) is 2. The van der Waals surface area contributed by atoms with Crippen LogP contribution < -0.4 is 36.5 Å². The standard InChI is InChI=1S/C56H68N14O6S/c1-37(59-2)53(72)65-50(39-15-6-4-7-16-39)56(74)70-26-13-22-47(70)55-63-32-48(77-55)51(71)40-17-12-21-45(30-40)76-35-43-34-69(67-66-43)25-8-5-9-27-75-44-20-10-14-38(28-44)31-62-54(73)41-18-11-19-42(29-41)61-33-49(57)68(3)52(58)46-23-24-60-36-64-46/h10-12,14,17-21,23-24,28-30,32,34,36-37,39,47,50,57-59,61H,4-9,13,15-16,22,25-27,31,33,35H2,1-3H3,(H2,62,65,72,73)/p+1/t37-,47?,50-/m0/s1. The minimum Gasteiger partial charge on any atom is -0.494 e. The molecule has 3 amide bonds. The fourth-order valence-electron chi connectivity index (χ4n) is 9.41. The molecule has 4 heterocycles. The normalized spacial score (nSPS) is 15.7. The van der Waals surface area contributed by atoms with Gasteiger partial charge in [-0.3, -0.25) is 23.9 Å². The molecule has 1 unspecified atom stereocenters. The number of nitrogens with one attached hydrogen (secondary N) is 5. The van der Waals surface area contributed by atoms with Crippen LogP contribution in [0.3, 0.4) is 0 Å². The van der Waals surface area contributed by atoms with Crippen molar-refractivity contribution in [3.63, 3.8) is 0 Å². The fourth-order valence-corrected chi connectivity index (χ4v) is 10.4. The summed E-state index contributed by atoms with van der Waals surface area (Å²) in [7, 11) is 3.43. The third-order valence-electron chi connectivity index (χ3n) is 14.0. The van der Waals surface area contributed by atoms with E-state index in [1.165, 1.54) is 22.2 Å². The van der Waals surface area contributed by atoms with Crippen LogP contribution in [0.1, 0.15) is 125 Å². The number of likely N-dealkylation sites (N-methyl/N-ethyl adjacent to an activating group) is 1. The maximum atomic E-state index is 14.2. The number of nitrogens with two attached hydrogens (primary N) is 1. The zero-order valence-corrected chi connectivity index (χ0v) is 44.8. The van der Waals surface area contributed by atoms with E-state index in [0.29, 0.717) is 70.9 Å². The number of amidine groups is 2. The minimum atomic E-state index is -0.590. The Morgan fingerprint density at radius 3 is 2.51 bits per heavy atom. The molecule has 3 atom stereocenters. The van der Waals surface area contributed by atoms with E-state index >= 15 is 0 Å². The summed E-state index contributed by atoms with van der Waals surface area (Å²) in [5, 5.41) is 30.0. The molecule has 2 aliphatic rings. The Labute approximate surface area is 452 Å². The van der Waals surface area contributed by atoms with E-state index in [1.807, 2.05) is 41.4 Å². The van der Waals surface area contributed by atoms with Crippen molar-refractivity contribution in [1.82, 2.24) is 50.8 Å². The van der Waals surface area contributed by atoms with Crippen molar-refractivity contribution >= 4 is 52.2 Å². The number of nitrogens with zero attached hydrogens (tertiary/aromatic N) is 8. The lowest BCUT2D eigenvalue weighted by Crippen LogP contribution is -2.55. The number of ketones is 1. The lowest BCUT2D eigenvalue weighted by atomic mass is 9.83. The summed E-state index contributed by atoms with van der Waals surface area (Å²) in [5.74, 6) is 1.25. The first-order valence-electron chi connectivity index (χ1n) is 26.4. The smallest absolute Gasteiger partial charge is 0.280 e. The van der Waals surface area contributed by atoms with Crippen LogP contribution in [0.5, 0.6) is 11.5 Å². The zero-order valence-electron chi connectivity index (χ0n) is 44.0. The first-order valence-corrected chi connectivity index (χ1v) is 27.2. The molecule has 1 saturated carbocycles. The fraction of sp³-hybridized carbons (Fsp3) is 0.411. The van der Waals surface area contributed by atoms with Gasteiger partial charge in [-0.15, -0.1) is 16.4 Å². The Morgan fingerprint density at radius 2 is 1.70 bits per heavy atom. The third kappa shape index (κ3) is 15.2. The van der Waals surface area contributed by atoms with Crippen LogP contribution in [-0.2, 0) is 29.3 Å². The molecule has 77 heavy (non-hydrogen) atoms. The molecular weight excluding hydrogens is 997 g/mol. The molecule has 20 nitrogen and oxygen atoms in total. The molecule has 404 valence electrons. The zero-order chi connectivity index (χ0) is 54.1. The second kappa shape index (κ2) is 27.2. The van der Waals surface area contributed by atoms with E-state index in [4.69, 9.17) is 20.6 Å². The molecule has 1 saturated heterocycles. The van der Waals surface area contributed by atoms with E-state index in [1.54, 1.807) is 86.6 Å². The Bertz CT molecular complexity index is 3010. The van der Waals surface area contributed by atoms with Crippen LogP contribution in [0.15, 0.2) is 104 Å². The number of carbonyl (C=O) groups excluding carboxylic acids is 4. The molecule has 2 fully saturated rings. The second-order valence-electron chi connectivity index (χ2n) is 19.4. The quantitative estimate of drug-likeness (QED) is 0.0121. The predicted octanol–water partition coefficient (Wildman–Crippen LogP) is 6.29. The third-order valence-corrected chi connectivity index (χ3v) is 15.1. The van der Waals surface area contributed by atoms with Gasteiger partial charge in [0.05, 0.1) is 36.8 Å². The van der Waals surface area contributed by atoms with E-state index in [9.17, 15) is 19.2 Å². The predicted molar refractivity (Wildman–Crippen MR) is 293 cm³/mol. The molecule has 0 radical (unpaired) electrons. The molecule has 7 N–H and O–H groups in total. The van der Waals surface area contributed by atoms with E-state index in [2.05, 4.69) is 46.5 Å². The van der Waals surface area contributed by atoms with Crippen molar-refractivity contribution in [1.29, 1.82) is 5.41 Å². The summed E-state index contributed by atoms with van der Waals surface area (Å²) in [6.07, 6.45) is 15.7. The molecule has 0 spiro atoms. The molecule has 3 aromatic heterocycles. The van der Waals surface area contributed by atoms with Crippen molar-refractivity contribution in [3.05, 3.63) is 142 Å². The largest absolute Gasteiger partial charge is 0.494 e. The van der Waals surface area contributed by atoms with Gasteiger partial charge >= 0.3 is 0 Å². The Hall–Kier alpha value is -7.91. The average Bonchev–Trinajstić information content (AvgIpc) is 4.28. The number of unbranched alkanes of at least 4 members (excludes halogenated alkanes) is 2. The van der Waals surface area contributed by atoms with Gasteiger partial charge in [-0.25, -0.2) is 19.5 Å². The Morgan fingerprint density at radius 1 is 0.909 bits per heavy atom. The number of likely N-dealkylation sites (tertiary alicyclic amines) is 1. The van der Waals surface area contributed by atoms with Crippen molar-refractivity contribution in [2.24, 2.45) is 11.7 Å². The van der Waals surface area contributed by atoms with Crippen LogP contribution in [0.2, 0.25) is 0 Å². The molecular formula is C56H69N14O6S+. The number of amides is 3. The van der Waals surface area contributed by atoms with Crippen LogP contribution >= 0.6 is 11.3 Å². The number of hydrogen-bond acceptors (Lipinski definition) is 15. The van der Waals surface area contributed by atoms with Gasteiger partial charge in [0.2, 0.25) is 23.4 Å². The van der Waals surface area contributed by atoms with Crippen molar-refractivity contribution in [2.45, 2.75) is 109 Å². The number of rotatable bonds is 25. The summed E-state index contributed by atoms with van der Waals surface area (Å²) < 4.78 is 15.5. The molecule has 1 aliphatic carbocycles. The van der Waals surface area contributed by atoms with Crippen LogP contribution in [0.4, 0.5) is 5.69 Å². The van der Waals surface area contributed by atoms with E-state index in [-0.39, 0.29) is 54.5 Å². The molecule has 0 bridgehead atoms. The summed E-state index contributed by atoms with van der Waals surface area (Å²) in [5.41, 5.74) is 9.95. The van der Waals surface area contributed by atoms with E-state index < -0.39 is 12.1 Å². The number of thiazole rings is 1. The molecule has 21 heteroatoms. The topological polar surface area (TPSA) is 260 Å². The average molecular weight is 1070 g/mol. The van der Waals surface area contributed by atoms with Crippen molar-refractivity contribution < 1.29 is 33.2 Å². The highest BCUT2D eigenvalue weighted by Gasteiger charge is 2.40. The van der Waals surface area contributed by atoms with Gasteiger partial charge in [0.15, 0.2) is 0 Å². The lowest BCUT2D eigenvalue weighted by molar-refractivity contribution is -0.373. The van der Waals surface area contributed by atoms with Gasteiger partial charge in [-0.2, -0.15) is 5.41 Å². The van der Waals surface area contributed by atoms with Gasteiger partial charge in [-0.05, 0) is 119 Å². The number of carbonyl (C=O) groups is 4.